The summed E-state index contributed by atoms with van der Waals surface area (Å²) >= 11 is 7.46. The van der Waals surface area contributed by atoms with E-state index in [0.717, 1.165) is 11.1 Å². The van der Waals surface area contributed by atoms with Gasteiger partial charge in [-0.05, 0) is 65.7 Å². The first-order chi connectivity index (χ1) is 20.4. The number of anilines is 3. The third-order valence-electron chi connectivity index (χ3n) is 5.80. The van der Waals surface area contributed by atoms with E-state index in [-0.39, 0.29) is 38.9 Å². The van der Waals surface area contributed by atoms with E-state index in [1.54, 1.807) is 18.2 Å². The van der Waals surface area contributed by atoms with Crippen LogP contribution in [0, 0.1) is 0 Å². The number of sulfonamides is 1. The summed E-state index contributed by atoms with van der Waals surface area (Å²) in [6.07, 6.45) is -5.06. The van der Waals surface area contributed by atoms with Gasteiger partial charge in [0.2, 0.25) is 5.91 Å². The Bertz CT molecular complexity index is 1670. The van der Waals surface area contributed by atoms with E-state index >= 15 is 0 Å². The Kier molecular flexibility index (Phi) is 10.2. The van der Waals surface area contributed by atoms with Gasteiger partial charge >= 0.3 is 12.1 Å². The maximum atomic E-state index is 13.0. The van der Waals surface area contributed by atoms with E-state index in [1.807, 2.05) is 42.5 Å². The monoisotopic (exact) mass is 648 g/mol. The lowest BCUT2D eigenvalue weighted by Gasteiger charge is -2.18. The normalized spacial score (nSPS) is 12.2. The zero-order chi connectivity index (χ0) is 31.0. The van der Waals surface area contributed by atoms with Gasteiger partial charge in [-0.25, -0.2) is 8.42 Å². The first-order valence-electron chi connectivity index (χ1n) is 12.5. The highest BCUT2D eigenvalue weighted by Gasteiger charge is 2.38. The van der Waals surface area contributed by atoms with E-state index in [0.29, 0.717) is 5.02 Å². The Morgan fingerprint density at radius 2 is 1.42 bits per heavy atom. The Balaban J connectivity index is 1.37. The summed E-state index contributed by atoms with van der Waals surface area (Å²) in [4.78, 5) is 23.6. The number of halogens is 4. The number of thioether (sulfide) groups is 1. The molecule has 0 aliphatic heterocycles. The van der Waals surface area contributed by atoms with Crippen molar-refractivity contribution in [3.05, 3.63) is 119 Å². The second-order valence-electron chi connectivity index (χ2n) is 8.99. The van der Waals surface area contributed by atoms with Crippen molar-refractivity contribution in [2.45, 2.75) is 16.3 Å². The molecule has 0 radical (unpaired) electrons. The predicted molar refractivity (Wildman–Crippen MR) is 162 cm³/mol. The second kappa shape index (κ2) is 13.8. The van der Waals surface area contributed by atoms with Gasteiger partial charge in [0.05, 0.1) is 21.6 Å². The molecule has 224 valence electrons. The van der Waals surface area contributed by atoms with Crippen LogP contribution < -0.4 is 20.9 Å². The molecule has 0 heterocycles. The Morgan fingerprint density at radius 3 is 2.07 bits per heavy atom. The lowest BCUT2D eigenvalue weighted by Crippen LogP contribution is -2.40. The number of amides is 2. The van der Waals surface area contributed by atoms with E-state index in [2.05, 4.69) is 15.5 Å². The minimum Gasteiger partial charge on any atom is -0.325 e. The van der Waals surface area contributed by atoms with E-state index in [1.165, 1.54) is 59.7 Å². The Morgan fingerprint density at radius 1 is 0.791 bits per heavy atom. The van der Waals surface area contributed by atoms with Crippen LogP contribution in [0.1, 0.15) is 16.4 Å². The summed E-state index contributed by atoms with van der Waals surface area (Å²) in [5.41, 5.74) is 6.06. The maximum Gasteiger partial charge on any atom is 0.472 e. The van der Waals surface area contributed by atoms with Crippen LogP contribution in [0.2, 0.25) is 5.02 Å². The van der Waals surface area contributed by atoms with Crippen molar-refractivity contribution in [2.24, 2.45) is 0 Å². The number of hydrogen-bond acceptors (Lipinski definition) is 6. The van der Waals surface area contributed by atoms with Gasteiger partial charge in [-0.1, -0.05) is 60.1 Å². The molecular weight excluding hydrogens is 625 g/mol. The van der Waals surface area contributed by atoms with Crippen molar-refractivity contribution in [3.8, 4) is 0 Å². The van der Waals surface area contributed by atoms with E-state index in [4.69, 9.17) is 11.6 Å². The average Bonchev–Trinajstić information content (AvgIpc) is 2.97. The molecule has 4 aromatic rings. The van der Waals surface area contributed by atoms with Crippen molar-refractivity contribution in [3.63, 3.8) is 0 Å². The van der Waals surface area contributed by atoms with Gasteiger partial charge in [0.15, 0.2) is 0 Å². The van der Waals surface area contributed by atoms with Gasteiger partial charge in [-0.2, -0.15) is 13.2 Å². The average molecular weight is 649 g/mol. The van der Waals surface area contributed by atoms with Crippen molar-refractivity contribution in [2.75, 3.05) is 21.2 Å². The Hall–Kier alpha value is -4.20. The number of hydrazine groups is 1. The SMILES string of the molecule is O=C(CSC(c1ccccc1)c1ccc(Cl)cc1)Nc1cccc(S(=O)(=O)Nc2ccc(NNC(=O)C(F)(F)F)cc2)c1. The van der Waals surface area contributed by atoms with Crippen molar-refractivity contribution in [1.29, 1.82) is 0 Å². The fourth-order valence-corrected chi connectivity index (χ4v) is 6.10. The summed E-state index contributed by atoms with van der Waals surface area (Å²) in [7, 11) is -4.09. The van der Waals surface area contributed by atoms with Crippen LogP contribution in [0.5, 0.6) is 0 Å². The molecule has 0 fully saturated rings. The lowest BCUT2D eigenvalue weighted by atomic mass is 10.0. The molecule has 0 saturated carbocycles. The first-order valence-corrected chi connectivity index (χ1v) is 15.4. The van der Waals surface area contributed by atoms with Gasteiger partial charge < -0.3 is 5.32 Å². The van der Waals surface area contributed by atoms with Gasteiger partial charge in [0.25, 0.3) is 10.0 Å². The zero-order valence-corrected chi connectivity index (χ0v) is 24.4. The number of carbonyl (C=O) groups excluding carboxylic acids is 2. The molecule has 0 aromatic heterocycles. The number of rotatable bonds is 11. The van der Waals surface area contributed by atoms with Crippen LogP contribution in [0.15, 0.2) is 108 Å². The smallest absolute Gasteiger partial charge is 0.325 e. The maximum absolute atomic E-state index is 13.0. The number of alkyl halides is 3. The van der Waals surface area contributed by atoms with Crippen LogP contribution in [0.25, 0.3) is 0 Å². The van der Waals surface area contributed by atoms with Crippen LogP contribution in [0.4, 0.5) is 30.2 Å². The lowest BCUT2D eigenvalue weighted by molar-refractivity contribution is -0.173. The van der Waals surface area contributed by atoms with Gasteiger partial charge in [-0.3, -0.25) is 25.2 Å². The van der Waals surface area contributed by atoms with E-state index < -0.39 is 22.1 Å². The molecule has 4 rings (SSSR count). The third-order valence-corrected chi connectivity index (χ3v) is 8.74. The molecule has 1 unspecified atom stereocenters. The molecule has 1 atom stereocenters. The summed E-state index contributed by atoms with van der Waals surface area (Å²) in [6, 6.07) is 27.9. The largest absolute Gasteiger partial charge is 0.472 e. The molecule has 4 N–H and O–H groups in total. The minimum atomic E-state index is -5.06. The molecule has 8 nitrogen and oxygen atoms in total. The second-order valence-corrected chi connectivity index (χ2v) is 12.2. The highest BCUT2D eigenvalue weighted by Crippen LogP contribution is 2.36. The number of carbonyl (C=O) groups is 2. The first kappa shape index (κ1) is 31.7. The molecule has 4 aromatic carbocycles. The highest BCUT2D eigenvalue weighted by atomic mass is 35.5. The standard InChI is InChI=1S/C29H24ClF3N4O4S2/c30-21-11-9-20(10-12-21)27(19-5-2-1-3-6-19)42-18-26(38)34-24-7-4-8-25(17-24)43(40,41)37-23-15-13-22(14-16-23)35-36-28(39)29(31,32)33/h1-17,27,35,37H,18H2,(H,34,38)(H,36,39). The third kappa shape index (κ3) is 9.14. The summed E-state index contributed by atoms with van der Waals surface area (Å²) in [5, 5.41) is 3.20. The topological polar surface area (TPSA) is 116 Å². The summed E-state index contributed by atoms with van der Waals surface area (Å²) in [5.74, 6) is -2.43. The van der Waals surface area contributed by atoms with Gasteiger partial charge in [-0.15, -0.1) is 11.8 Å². The predicted octanol–water partition coefficient (Wildman–Crippen LogP) is 6.61. The van der Waals surface area contributed by atoms with Crippen LogP contribution in [-0.2, 0) is 19.6 Å². The van der Waals surface area contributed by atoms with E-state index in [9.17, 15) is 31.2 Å². The van der Waals surface area contributed by atoms with Gasteiger partial charge in [0.1, 0.15) is 0 Å². The summed E-state index contributed by atoms with van der Waals surface area (Å²) in [6.45, 7) is 0. The fraction of sp³-hybridized carbons (Fsp3) is 0.103. The number of hydrogen-bond donors (Lipinski definition) is 4. The van der Waals surface area contributed by atoms with Crippen LogP contribution >= 0.6 is 23.4 Å². The quantitative estimate of drug-likeness (QED) is 0.136. The highest BCUT2D eigenvalue weighted by molar-refractivity contribution is 8.00. The van der Waals surface area contributed by atoms with Crippen molar-refractivity contribution in [1.82, 2.24) is 5.43 Å². The van der Waals surface area contributed by atoms with Crippen LogP contribution in [0.3, 0.4) is 0 Å². The number of benzene rings is 4. The number of nitrogens with one attached hydrogen (secondary N) is 4. The molecule has 43 heavy (non-hydrogen) atoms. The zero-order valence-electron chi connectivity index (χ0n) is 22.1. The van der Waals surface area contributed by atoms with Crippen LogP contribution in [-0.4, -0.2) is 32.2 Å². The van der Waals surface area contributed by atoms with Crippen molar-refractivity contribution >= 4 is 62.3 Å². The molecular formula is C29H24ClF3N4O4S2. The van der Waals surface area contributed by atoms with Crippen molar-refractivity contribution < 1.29 is 31.2 Å². The molecule has 2 amide bonds. The molecule has 0 aliphatic rings. The molecule has 0 saturated heterocycles. The fourth-order valence-electron chi connectivity index (χ4n) is 3.78. The molecule has 14 heteroatoms. The molecule has 0 aliphatic carbocycles. The van der Waals surface area contributed by atoms with Gasteiger partial charge in [0, 0.05) is 16.4 Å². The molecule has 0 bridgehead atoms. The Labute approximate surface area is 255 Å². The summed E-state index contributed by atoms with van der Waals surface area (Å²) < 4.78 is 65.2. The molecule has 0 spiro atoms. The minimum absolute atomic E-state index is 0.0845.